The molecule has 1 aliphatic heterocycles. The zero-order valence-electron chi connectivity index (χ0n) is 30.4. The zero-order valence-corrected chi connectivity index (χ0v) is 32.7. The Kier molecular flexibility index (Phi) is 13.2. The Labute approximate surface area is 300 Å². The maximum Gasteiger partial charge on any atom is 2.00 e. The molecule has 0 aromatic rings. The van der Waals surface area contributed by atoms with Crippen molar-refractivity contribution in [1.29, 1.82) is 0 Å². The van der Waals surface area contributed by atoms with Gasteiger partial charge in [-0.25, -0.2) is 10.0 Å². The number of likely N-dealkylation sites (N-methyl/N-ethyl adjacent to an activating group) is 1. The van der Waals surface area contributed by atoms with Gasteiger partial charge in [0.1, 0.15) is 12.1 Å². The number of fused-ring (bicyclic) bond motifs is 4. The number of nitrogens with zero attached hydrogens (tertiary/aromatic N) is 1. The molecule has 8 nitrogen and oxygen atoms in total. The molecule has 6 fully saturated rings. The van der Waals surface area contributed by atoms with Gasteiger partial charge in [-0.2, -0.15) is 16.7 Å². The summed E-state index contributed by atoms with van der Waals surface area (Å²) in [5, 5.41) is 19.3. The maximum atomic E-state index is 11.0. The minimum Gasteiger partial charge on any atom is -0.676 e. The van der Waals surface area contributed by atoms with Crippen LogP contribution in [0, 0.1) is 46.3 Å². The van der Waals surface area contributed by atoms with Crippen molar-refractivity contribution >= 4 is 5.97 Å². The summed E-state index contributed by atoms with van der Waals surface area (Å²) in [4.78, 5) is 11.0. The number of nitrogens with one attached hydrogen (secondary N) is 2. The molecule has 47 heavy (non-hydrogen) atoms. The molecule has 0 aromatic carbocycles. The number of ether oxygens (including phenoxy) is 2. The summed E-state index contributed by atoms with van der Waals surface area (Å²) in [7, 11) is 1.53. The van der Waals surface area contributed by atoms with Crippen molar-refractivity contribution in [1.82, 2.24) is 0 Å². The molecule has 5 saturated carbocycles. The summed E-state index contributed by atoms with van der Waals surface area (Å²) < 4.78 is 12.4. The summed E-state index contributed by atoms with van der Waals surface area (Å²) in [6.07, 6.45) is 19.0. The number of rotatable bonds is 11. The van der Waals surface area contributed by atoms with E-state index >= 15 is 0 Å². The Hall–Kier alpha value is -0.0817. The van der Waals surface area contributed by atoms with Crippen molar-refractivity contribution < 1.29 is 50.3 Å². The van der Waals surface area contributed by atoms with Gasteiger partial charge in [-0.15, -0.1) is 0 Å². The molecule has 6 aliphatic rings. The van der Waals surface area contributed by atoms with Crippen LogP contribution in [0.4, 0.5) is 0 Å². The van der Waals surface area contributed by atoms with Gasteiger partial charge in [0.25, 0.3) is 0 Å². The number of quaternary nitrogens is 1. The van der Waals surface area contributed by atoms with Crippen LogP contribution in [0.25, 0.3) is 11.5 Å². The average molecular weight is 842 g/mol. The molecule has 0 aromatic heterocycles. The van der Waals surface area contributed by atoms with Crippen molar-refractivity contribution in [3.63, 3.8) is 0 Å². The van der Waals surface area contributed by atoms with E-state index in [1.807, 2.05) is 0 Å². The summed E-state index contributed by atoms with van der Waals surface area (Å²) in [5.41, 5.74) is 15.3. The first-order valence-electron chi connectivity index (χ1n) is 19.1. The van der Waals surface area contributed by atoms with Gasteiger partial charge in [-0.05, 0) is 85.9 Å². The number of carboxylic acids is 1. The topological polar surface area (TPSA) is 127 Å². The summed E-state index contributed by atoms with van der Waals surface area (Å²) in [5.74, 6) is 4.00. The minimum atomic E-state index is -0.994. The summed E-state index contributed by atoms with van der Waals surface area (Å²) in [6, 6.07) is -0.160. The van der Waals surface area contributed by atoms with Crippen LogP contribution in [0.5, 0.6) is 0 Å². The van der Waals surface area contributed by atoms with Crippen LogP contribution in [-0.2, 0) is 35.3 Å². The Morgan fingerprint density at radius 1 is 0.979 bits per heavy atom. The van der Waals surface area contributed by atoms with Crippen LogP contribution in [0.15, 0.2) is 0 Å². The molecule has 5 aliphatic carbocycles. The predicted molar refractivity (Wildman–Crippen MR) is 182 cm³/mol. The Morgan fingerprint density at radius 2 is 1.66 bits per heavy atom. The molecule has 0 radical (unpaired) electrons. The second-order valence-corrected chi connectivity index (χ2v) is 17.9. The molecule has 0 amide bonds. The van der Waals surface area contributed by atoms with Gasteiger partial charge in [0.05, 0.1) is 25.9 Å². The van der Waals surface area contributed by atoms with E-state index in [2.05, 4.69) is 34.6 Å². The van der Waals surface area contributed by atoms with Crippen molar-refractivity contribution in [3.8, 4) is 0 Å². The molecule has 13 atom stereocenters. The van der Waals surface area contributed by atoms with Gasteiger partial charge >= 0.3 is 27.0 Å². The molecule has 9 heteroatoms. The predicted octanol–water partition coefficient (Wildman–Crippen LogP) is 8.94. The molecule has 1 saturated heterocycles. The van der Waals surface area contributed by atoms with Gasteiger partial charge in [-0.3, -0.25) is 0 Å². The molecule has 274 valence electrons. The average Bonchev–Trinajstić information content (AvgIpc) is 3.55. The minimum absolute atomic E-state index is 0. The van der Waals surface area contributed by atoms with E-state index in [0.29, 0.717) is 24.7 Å². The third kappa shape index (κ3) is 8.36. The Balaban J connectivity index is 0.000000487. The third-order valence-corrected chi connectivity index (χ3v) is 14.4. The van der Waals surface area contributed by atoms with E-state index in [0.717, 1.165) is 67.6 Å². The summed E-state index contributed by atoms with van der Waals surface area (Å²) >= 11 is 0. The Morgan fingerprint density at radius 3 is 2.28 bits per heavy atom. The SMILES string of the molecule is CC(C)CCC[C@@H](C)[C@H]1CC[C@H]2C3CC4OC45C[C@@H](OCC[N+](C)(O)CC(=O)O)CC[C@]5(C)[C@H]3CC[C@]12C.[NH-]C1CCCCC1[NH-].[Pt+2]. The first kappa shape index (κ1) is 39.7. The van der Waals surface area contributed by atoms with E-state index in [-0.39, 0.29) is 56.8 Å². The van der Waals surface area contributed by atoms with Crippen molar-refractivity contribution in [2.45, 2.75) is 161 Å². The maximum absolute atomic E-state index is 11.0. The fourth-order valence-corrected chi connectivity index (χ4v) is 11.7. The fourth-order valence-electron chi connectivity index (χ4n) is 11.7. The number of aliphatic carboxylic acids is 1. The molecular formula is C38H68N3O5Pt+. The van der Waals surface area contributed by atoms with Crippen LogP contribution in [0.2, 0.25) is 0 Å². The molecule has 4 N–H and O–H groups in total. The number of hydroxylamine groups is 3. The smallest absolute Gasteiger partial charge is 0.676 e. The second-order valence-electron chi connectivity index (χ2n) is 17.9. The van der Waals surface area contributed by atoms with Crippen LogP contribution in [0.1, 0.15) is 131 Å². The van der Waals surface area contributed by atoms with E-state index in [4.69, 9.17) is 26.0 Å². The third-order valence-electron chi connectivity index (χ3n) is 14.4. The molecule has 6 rings (SSSR count). The quantitative estimate of drug-likeness (QED) is 0.122. The number of epoxide rings is 1. The molecule has 6 unspecified atom stereocenters. The monoisotopic (exact) mass is 841 g/mol. The fraction of sp³-hybridized carbons (Fsp3) is 0.974. The van der Waals surface area contributed by atoms with E-state index < -0.39 is 10.6 Å². The number of carboxylic acid groups (broad SMARTS) is 1. The first-order chi connectivity index (χ1) is 21.6. The molecule has 0 bridgehead atoms. The van der Waals surface area contributed by atoms with E-state index in [1.165, 1.54) is 71.3 Å². The van der Waals surface area contributed by atoms with Gasteiger partial charge < -0.3 is 26.0 Å². The molecule has 1 spiro atoms. The Bertz CT molecular complexity index is 1040. The van der Waals surface area contributed by atoms with Crippen molar-refractivity contribution in [2.24, 2.45) is 46.3 Å². The van der Waals surface area contributed by atoms with Crippen LogP contribution in [-0.4, -0.2) is 77.6 Å². The standard InChI is InChI=1S/C32H55NO5.C6H12N2.Pt/c1-21(2)8-7-9-22(3)25-10-11-26-24-18-28-32(38-28)19-23(37-17-16-33(6,36)20-29(34)35)12-15-31(32,5)27(24)13-14-30(25,26)4;7-5-3-1-2-4-6(5)8;/h21-28,36H,7-20H2,1-6H3;5-8H,1-4H2;/q;-2;+2/p+1/t22-,23+,24?,25-,26+,27+,28?,30-,31-,32?,33?;;/m1../s1. The van der Waals surface area contributed by atoms with Crippen LogP contribution >= 0.6 is 0 Å². The number of hydrogen-bond donors (Lipinski definition) is 2. The van der Waals surface area contributed by atoms with Gasteiger partial charge in [0, 0.05) is 11.8 Å². The number of hydrogen-bond acceptors (Lipinski definition) is 4. The first-order valence-corrected chi connectivity index (χ1v) is 19.1. The normalized spacial score (nSPS) is 43.9. The van der Waals surface area contributed by atoms with E-state index in [1.54, 1.807) is 0 Å². The van der Waals surface area contributed by atoms with Crippen molar-refractivity contribution in [3.05, 3.63) is 11.5 Å². The molecular weight excluding hydrogens is 774 g/mol. The number of carbonyl (C=O) groups is 1. The molecule has 1 heterocycles. The van der Waals surface area contributed by atoms with Crippen molar-refractivity contribution in [2.75, 3.05) is 26.7 Å². The van der Waals surface area contributed by atoms with Crippen LogP contribution in [0.3, 0.4) is 0 Å². The zero-order chi connectivity index (χ0) is 33.5. The van der Waals surface area contributed by atoms with Gasteiger partial charge in [0.15, 0.2) is 0 Å². The largest absolute Gasteiger partial charge is 2.00 e. The van der Waals surface area contributed by atoms with Gasteiger partial charge in [-0.1, -0.05) is 79.6 Å². The van der Waals surface area contributed by atoms with E-state index in [9.17, 15) is 10.0 Å². The van der Waals surface area contributed by atoms with Gasteiger partial charge in [0.2, 0.25) is 6.54 Å². The van der Waals surface area contributed by atoms with Crippen LogP contribution < -0.4 is 0 Å². The summed E-state index contributed by atoms with van der Waals surface area (Å²) in [6.45, 7) is 12.9. The second kappa shape index (κ2) is 15.7.